The molecule has 0 fully saturated rings. The molecule has 35 nitrogen and oxygen atoms in total. The second kappa shape index (κ2) is 42.3. The number of aliphatic hydroxyl groups excluding tert-OH is 1. The highest BCUT2D eigenvalue weighted by Gasteiger charge is 2.29. The van der Waals surface area contributed by atoms with E-state index in [1.165, 1.54) is 0 Å². The predicted octanol–water partition coefficient (Wildman–Crippen LogP) is -0.569. The van der Waals surface area contributed by atoms with Crippen molar-refractivity contribution in [1.29, 1.82) is 0 Å². The fraction of sp³-hybridized carbons (Fsp3) is 0.595. The largest absolute Gasteiger partial charge is 0.481 e. The van der Waals surface area contributed by atoms with Gasteiger partial charge in [-0.15, -0.1) is 0 Å². The zero-order valence-corrected chi connectivity index (χ0v) is 41.8. The topological polar surface area (TPSA) is 610 Å². The fourth-order valence-electron chi connectivity index (χ4n) is 3.30. The van der Waals surface area contributed by atoms with Crippen LogP contribution in [-0.2, 0) is 100 Å². The first-order chi connectivity index (χ1) is 34.8. The zero-order chi connectivity index (χ0) is 62.1. The average Bonchev–Trinajstić information content (AvgIpc) is 3.25. The van der Waals surface area contributed by atoms with Crippen LogP contribution in [0.25, 0.3) is 0 Å². The van der Waals surface area contributed by atoms with Crippen LogP contribution < -0.4 is 0 Å². The minimum atomic E-state index is -1.82. The summed E-state index contributed by atoms with van der Waals surface area (Å²) in [5.74, 6) is -22.5. The number of ether oxygens (including phenoxy) is 4. The molecule has 4 unspecified atom stereocenters. The van der Waals surface area contributed by atoms with Gasteiger partial charge in [-0.3, -0.25) is 47.9 Å². The normalized spacial score (nSPS) is 11.5. The maximum Gasteiger partial charge on any atom is 0.414 e. The van der Waals surface area contributed by atoms with E-state index in [2.05, 4.69) is 18.9 Å². The first kappa shape index (κ1) is 79.4. The molecular formula is C42H62O35. The minimum absolute atomic E-state index is 0.0595. The third-order valence-electron chi connectivity index (χ3n) is 7.26. The number of hydrogen-bond acceptors (Lipinski definition) is 22. The number of aliphatic hydroxyl groups is 1. The van der Waals surface area contributed by atoms with E-state index in [0.29, 0.717) is 0 Å². The Kier molecular flexibility index (Phi) is 43.6. The maximum absolute atomic E-state index is 11.4. The molecule has 4 atom stereocenters. The molecule has 35 heteroatoms. The molecule has 440 valence electrons. The molecule has 0 aromatic carbocycles. The van der Waals surface area contributed by atoms with Gasteiger partial charge >= 0.3 is 101 Å². The molecule has 0 aliphatic carbocycles. The Bertz CT molecular complexity index is 1800. The lowest BCUT2D eigenvalue weighted by Crippen LogP contribution is -2.30. The average molecular weight is 1130 g/mol. The van der Waals surface area contributed by atoms with Gasteiger partial charge in [0, 0.05) is 25.7 Å². The standard InChI is InChI=1S/2C14H18O12.2C5H10O2.C2H2O4.C2H4O3/c2*15-9(16)5-7(13(21)22)25-11(19)3-1-2-4-12(20)26-8(14(23)24)6-10(17)18;2*1-5(2,3)4(6)7;3-1(4)2(5)6;3-1-2(4)5/h2*7-8H,1-6H2,(H,15,16)(H,17,18)(H,21,22)(H,23,24);2*1-3H3,(H,6,7);(H,3,4)(H,5,6);3H,1H2,(H,4,5). The van der Waals surface area contributed by atoms with Gasteiger partial charge in [-0.1, -0.05) is 0 Å². The van der Waals surface area contributed by atoms with E-state index in [1.54, 1.807) is 41.5 Å². The van der Waals surface area contributed by atoms with Gasteiger partial charge in [0.2, 0.25) is 24.4 Å². The van der Waals surface area contributed by atoms with Crippen LogP contribution in [0.4, 0.5) is 0 Å². The Morgan fingerprint density at radius 1 is 0.312 bits per heavy atom. The number of carboxylic acids is 13. The van der Waals surface area contributed by atoms with Gasteiger partial charge in [0.1, 0.15) is 6.61 Å². The van der Waals surface area contributed by atoms with Crippen LogP contribution >= 0.6 is 0 Å². The van der Waals surface area contributed by atoms with Gasteiger partial charge in [-0.05, 0) is 67.2 Å². The van der Waals surface area contributed by atoms with Crippen molar-refractivity contribution in [2.45, 2.75) is 143 Å². The van der Waals surface area contributed by atoms with E-state index in [9.17, 15) is 67.1 Å². The lowest BCUT2D eigenvalue weighted by Gasteiger charge is -2.12. The van der Waals surface area contributed by atoms with Crippen LogP contribution in [0.3, 0.4) is 0 Å². The van der Waals surface area contributed by atoms with E-state index in [1.807, 2.05) is 0 Å². The molecular weight excluding hydrogens is 1060 g/mol. The Balaban J connectivity index is -0.000000227. The smallest absolute Gasteiger partial charge is 0.414 e. The molecule has 14 N–H and O–H groups in total. The van der Waals surface area contributed by atoms with E-state index >= 15 is 0 Å². The highest BCUT2D eigenvalue weighted by Crippen LogP contribution is 2.13. The Labute approximate surface area is 433 Å². The minimum Gasteiger partial charge on any atom is -0.481 e. The van der Waals surface area contributed by atoms with E-state index in [-0.39, 0.29) is 51.4 Å². The third-order valence-corrected chi connectivity index (χ3v) is 7.26. The lowest BCUT2D eigenvalue weighted by molar-refractivity contribution is -0.168. The summed E-state index contributed by atoms with van der Waals surface area (Å²) in [5.41, 5.74) is -1.17. The Hall–Kier alpha value is -9.05. The molecule has 0 saturated heterocycles. The molecule has 0 aromatic heterocycles. The summed E-state index contributed by atoms with van der Waals surface area (Å²) in [7, 11) is 0. The number of unbranched alkanes of at least 4 members (excludes halogenated alkanes) is 2. The lowest BCUT2D eigenvalue weighted by atomic mass is 9.98. The quantitative estimate of drug-likeness (QED) is 0.0212. The number of carbonyl (C=O) groups excluding carboxylic acids is 4. The van der Waals surface area contributed by atoms with Crippen LogP contribution in [0.1, 0.15) is 119 Å². The highest BCUT2D eigenvalue weighted by atomic mass is 16.6. The Morgan fingerprint density at radius 3 is 0.532 bits per heavy atom. The fourth-order valence-corrected chi connectivity index (χ4v) is 3.30. The van der Waals surface area contributed by atoms with Gasteiger partial charge in [-0.2, -0.15) is 0 Å². The van der Waals surface area contributed by atoms with E-state index in [4.69, 9.17) is 85.9 Å². The second-order valence-corrected chi connectivity index (χ2v) is 16.3. The van der Waals surface area contributed by atoms with Crippen molar-refractivity contribution < 1.29 is 172 Å². The van der Waals surface area contributed by atoms with Crippen molar-refractivity contribution in [2.75, 3.05) is 6.61 Å². The van der Waals surface area contributed by atoms with Crippen molar-refractivity contribution >= 4 is 101 Å². The summed E-state index contributed by atoms with van der Waals surface area (Å²) in [6, 6.07) is 0. The van der Waals surface area contributed by atoms with Crippen molar-refractivity contribution in [3.63, 3.8) is 0 Å². The van der Waals surface area contributed by atoms with Crippen LogP contribution in [0.5, 0.6) is 0 Å². The summed E-state index contributed by atoms with van der Waals surface area (Å²) >= 11 is 0. The van der Waals surface area contributed by atoms with E-state index in [0.717, 1.165) is 0 Å². The summed E-state index contributed by atoms with van der Waals surface area (Å²) in [4.78, 5) is 178. The molecule has 0 aromatic rings. The molecule has 0 spiro atoms. The molecule has 0 aliphatic heterocycles. The van der Waals surface area contributed by atoms with Crippen molar-refractivity contribution in [3.8, 4) is 0 Å². The number of aliphatic carboxylic acids is 13. The molecule has 0 amide bonds. The first-order valence-corrected chi connectivity index (χ1v) is 21.2. The molecule has 77 heavy (non-hydrogen) atoms. The van der Waals surface area contributed by atoms with Crippen molar-refractivity contribution in [3.05, 3.63) is 0 Å². The summed E-state index contributed by atoms with van der Waals surface area (Å²) < 4.78 is 18.0. The molecule has 0 bridgehead atoms. The predicted molar refractivity (Wildman–Crippen MR) is 240 cm³/mol. The number of carbonyl (C=O) groups is 17. The first-order valence-electron chi connectivity index (χ1n) is 21.2. The molecule has 0 aliphatic rings. The van der Waals surface area contributed by atoms with Crippen molar-refractivity contribution in [2.24, 2.45) is 10.8 Å². The summed E-state index contributed by atoms with van der Waals surface area (Å²) in [6.45, 7) is 9.19. The van der Waals surface area contributed by atoms with E-state index < -0.39 is 169 Å². The van der Waals surface area contributed by atoms with Crippen LogP contribution in [0.2, 0.25) is 0 Å². The molecule has 0 saturated carbocycles. The number of hydrogen-bond donors (Lipinski definition) is 14. The Morgan fingerprint density at radius 2 is 0.455 bits per heavy atom. The third kappa shape index (κ3) is 56.1. The van der Waals surface area contributed by atoms with Gasteiger partial charge in [0.05, 0.1) is 36.5 Å². The molecule has 0 heterocycles. The van der Waals surface area contributed by atoms with Crippen molar-refractivity contribution in [1.82, 2.24) is 0 Å². The highest BCUT2D eigenvalue weighted by molar-refractivity contribution is 6.27. The second-order valence-electron chi connectivity index (χ2n) is 16.3. The number of rotatable bonds is 27. The monoisotopic (exact) mass is 1130 g/mol. The summed E-state index contributed by atoms with van der Waals surface area (Å²) in [6.07, 6.45) is -11.8. The van der Waals surface area contributed by atoms with Gasteiger partial charge < -0.3 is 90.4 Å². The SMILES string of the molecule is CC(C)(C)C(=O)O.CC(C)(C)C(=O)O.O=C(O)C(=O)O.O=C(O)CC(OC(=O)CCCCC(=O)OC(CC(=O)O)C(=O)O)C(=O)O.O=C(O)CC(OC(=O)CCCCC(=O)OC(CC(=O)O)C(=O)O)C(=O)O.O=C(O)CO. The number of esters is 4. The number of carboxylic acid groups (broad SMARTS) is 13. The van der Waals surface area contributed by atoms with Gasteiger partial charge in [-0.25, -0.2) is 33.6 Å². The van der Waals surface area contributed by atoms with Crippen LogP contribution in [0.15, 0.2) is 0 Å². The molecule has 0 rings (SSSR count). The van der Waals surface area contributed by atoms with Crippen LogP contribution in [0, 0.1) is 10.8 Å². The maximum atomic E-state index is 11.4. The van der Waals surface area contributed by atoms with Gasteiger partial charge in [0.15, 0.2) is 0 Å². The molecule has 0 radical (unpaired) electrons. The van der Waals surface area contributed by atoms with Crippen LogP contribution in [-0.4, -0.2) is 204 Å². The van der Waals surface area contributed by atoms with Gasteiger partial charge in [0.25, 0.3) is 0 Å². The summed E-state index contributed by atoms with van der Waals surface area (Å²) in [5, 5.41) is 115. The zero-order valence-electron chi connectivity index (χ0n) is 41.8.